The number of pyridine rings is 1. The molecular formula is C25H20F4N4O2. The van der Waals surface area contributed by atoms with Gasteiger partial charge < -0.3 is 10.8 Å². The van der Waals surface area contributed by atoms with Crippen LogP contribution in [0.25, 0.3) is 11.1 Å². The number of aliphatic hydroxyl groups is 1. The third kappa shape index (κ3) is 3.95. The lowest BCUT2D eigenvalue weighted by molar-refractivity contribution is -0.139. The van der Waals surface area contributed by atoms with Gasteiger partial charge in [0.05, 0.1) is 17.7 Å². The molecule has 1 aliphatic rings. The number of aromatic nitrogens is 1. The summed E-state index contributed by atoms with van der Waals surface area (Å²) in [6.07, 6.45) is -1.29. The lowest BCUT2D eigenvalue weighted by atomic mass is 9.94. The zero-order valence-corrected chi connectivity index (χ0v) is 18.5. The van der Waals surface area contributed by atoms with Gasteiger partial charge in [0, 0.05) is 36.3 Å². The lowest BCUT2D eigenvalue weighted by Gasteiger charge is -2.31. The highest BCUT2D eigenvalue weighted by Crippen LogP contribution is 2.42. The number of rotatable bonds is 5. The van der Waals surface area contributed by atoms with Crippen LogP contribution in [0.5, 0.6) is 0 Å². The second-order valence-electron chi connectivity index (χ2n) is 7.90. The Balaban J connectivity index is 1.87. The van der Waals surface area contributed by atoms with Crippen molar-refractivity contribution in [1.82, 2.24) is 9.88 Å². The van der Waals surface area contributed by atoms with E-state index in [1.165, 1.54) is 43.7 Å². The molecule has 0 radical (unpaired) electrons. The number of halogens is 4. The Morgan fingerprint density at radius 2 is 1.94 bits per heavy atom. The number of aliphatic imine (C=N–C) groups is 1. The van der Waals surface area contributed by atoms with Crippen LogP contribution in [0.3, 0.4) is 0 Å². The molecule has 2 heterocycles. The molecule has 0 bridgehead atoms. The second kappa shape index (κ2) is 8.62. The number of hydrogen-bond acceptors (Lipinski definition) is 5. The summed E-state index contributed by atoms with van der Waals surface area (Å²) in [4.78, 5) is 21.5. The zero-order valence-electron chi connectivity index (χ0n) is 18.5. The van der Waals surface area contributed by atoms with Crippen molar-refractivity contribution in [3.05, 3.63) is 95.1 Å². The summed E-state index contributed by atoms with van der Waals surface area (Å²) >= 11 is 0. The molecular weight excluding hydrogens is 464 g/mol. The van der Waals surface area contributed by atoms with E-state index < -0.39 is 41.3 Å². The van der Waals surface area contributed by atoms with Crippen LogP contribution in [0, 0.1) is 5.82 Å². The topological polar surface area (TPSA) is 91.8 Å². The fourth-order valence-electron chi connectivity index (χ4n) is 4.17. The van der Waals surface area contributed by atoms with Crippen molar-refractivity contribution >= 4 is 17.8 Å². The van der Waals surface area contributed by atoms with Crippen molar-refractivity contribution in [2.75, 3.05) is 12.8 Å². The number of hydrogen-bond donors (Lipinski definition) is 2. The minimum Gasteiger partial charge on any atom is -0.398 e. The van der Waals surface area contributed by atoms with Gasteiger partial charge >= 0.3 is 6.18 Å². The minimum atomic E-state index is -4.97. The highest BCUT2D eigenvalue weighted by molar-refractivity contribution is 5.99. The highest BCUT2D eigenvalue weighted by atomic mass is 19.4. The first-order valence-electron chi connectivity index (χ1n) is 10.4. The normalized spacial score (nSPS) is 17.8. The Kier molecular flexibility index (Phi) is 5.93. The molecule has 3 aromatic rings. The predicted octanol–water partition coefficient (Wildman–Crippen LogP) is 4.52. The number of alkyl halides is 3. The van der Waals surface area contributed by atoms with Crippen LogP contribution in [0.2, 0.25) is 0 Å². The van der Waals surface area contributed by atoms with E-state index in [0.29, 0.717) is 10.5 Å². The Bertz CT molecular complexity index is 1370. The smallest absolute Gasteiger partial charge is 0.398 e. The number of anilines is 1. The number of amides is 1. The van der Waals surface area contributed by atoms with Gasteiger partial charge in [0.15, 0.2) is 0 Å². The summed E-state index contributed by atoms with van der Waals surface area (Å²) in [5.41, 5.74) is 2.32. The van der Waals surface area contributed by atoms with Crippen molar-refractivity contribution < 1.29 is 27.5 Å². The van der Waals surface area contributed by atoms with E-state index in [0.717, 1.165) is 18.2 Å². The van der Waals surface area contributed by atoms with E-state index in [2.05, 4.69) is 16.6 Å². The maximum Gasteiger partial charge on any atom is 0.416 e. The average molecular weight is 484 g/mol. The first-order valence-corrected chi connectivity index (χ1v) is 10.4. The Morgan fingerprint density at radius 1 is 1.23 bits per heavy atom. The molecule has 180 valence electrons. The third-order valence-electron chi connectivity index (χ3n) is 5.85. The third-order valence-corrected chi connectivity index (χ3v) is 5.85. The van der Waals surface area contributed by atoms with Gasteiger partial charge in [-0.1, -0.05) is 18.7 Å². The molecule has 10 heteroatoms. The van der Waals surface area contributed by atoms with Crippen LogP contribution in [0.15, 0.2) is 66.3 Å². The molecule has 1 atom stereocenters. The molecule has 4 rings (SSSR count). The van der Waals surface area contributed by atoms with Gasteiger partial charge in [-0.15, -0.1) is 0 Å². The van der Waals surface area contributed by atoms with Gasteiger partial charge in [0.1, 0.15) is 11.5 Å². The maximum absolute atomic E-state index is 15.4. The van der Waals surface area contributed by atoms with E-state index >= 15 is 4.39 Å². The quantitative estimate of drug-likeness (QED) is 0.241. The van der Waals surface area contributed by atoms with E-state index in [9.17, 15) is 23.1 Å². The van der Waals surface area contributed by atoms with Crippen LogP contribution in [-0.2, 0) is 18.4 Å². The summed E-state index contributed by atoms with van der Waals surface area (Å²) in [5, 5.41) is 11.1. The molecule has 2 aromatic carbocycles. The summed E-state index contributed by atoms with van der Waals surface area (Å²) < 4.78 is 57.8. The van der Waals surface area contributed by atoms with Crippen molar-refractivity contribution in [1.29, 1.82) is 0 Å². The standard InChI is InChI=1S/C25H20F4N4O2/c1-3-24(35)22-16(7-5-9-32-22)23(34)33(24)13-18-19(25(27,28)29)10-14(11-20(18)26)15-6-4-8-21(30)17(15)12-31-2/h3-12,35H,1,13,30H2,2H3. The monoisotopic (exact) mass is 484 g/mol. The molecule has 0 saturated heterocycles. The van der Waals surface area contributed by atoms with Crippen molar-refractivity contribution in [2.24, 2.45) is 4.99 Å². The molecule has 6 nitrogen and oxygen atoms in total. The highest BCUT2D eigenvalue weighted by Gasteiger charge is 2.49. The molecule has 35 heavy (non-hydrogen) atoms. The summed E-state index contributed by atoms with van der Waals surface area (Å²) in [6, 6.07) is 9.14. The van der Waals surface area contributed by atoms with Gasteiger partial charge in [0.25, 0.3) is 5.91 Å². The SMILES string of the molecule is C=CC1(O)c2ncccc2C(=O)N1Cc1c(F)cc(-c2cccc(N)c2C=NC)cc1C(F)(F)F. The predicted molar refractivity (Wildman–Crippen MR) is 123 cm³/mol. The van der Waals surface area contributed by atoms with E-state index in [-0.39, 0.29) is 28.1 Å². The average Bonchev–Trinajstić information content (AvgIpc) is 3.03. The van der Waals surface area contributed by atoms with Crippen molar-refractivity contribution in [2.45, 2.75) is 18.4 Å². The fraction of sp³-hybridized carbons (Fsp3) is 0.160. The summed E-state index contributed by atoms with van der Waals surface area (Å²) in [5.74, 6) is -2.01. The van der Waals surface area contributed by atoms with E-state index in [1.807, 2.05) is 0 Å². The molecule has 1 aliphatic heterocycles. The molecule has 0 fully saturated rings. The van der Waals surface area contributed by atoms with Crippen molar-refractivity contribution in [3.8, 4) is 11.1 Å². The van der Waals surface area contributed by atoms with E-state index in [4.69, 9.17) is 5.73 Å². The molecule has 0 spiro atoms. The Hall–Kier alpha value is -4.05. The van der Waals surface area contributed by atoms with Gasteiger partial charge in [-0.25, -0.2) is 4.39 Å². The van der Waals surface area contributed by atoms with E-state index in [1.54, 1.807) is 6.07 Å². The first-order chi connectivity index (χ1) is 16.5. The molecule has 1 aromatic heterocycles. The van der Waals surface area contributed by atoms with Gasteiger partial charge in [-0.2, -0.15) is 13.2 Å². The van der Waals surface area contributed by atoms with Crippen LogP contribution in [0.4, 0.5) is 23.2 Å². The minimum absolute atomic E-state index is 0.0104. The Labute approximate surface area is 198 Å². The van der Waals surface area contributed by atoms with Gasteiger partial charge in [0.2, 0.25) is 5.72 Å². The number of fused-ring (bicyclic) bond motifs is 1. The molecule has 0 saturated carbocycles. The summed E-state index contributed by atoms with van der Waals surface area (Å²) in [7, 11) is 1.47. The molecule has 3 N–H and O–H groups in total. The Morgan fingerprint density at radius 3 is 2.60 bits per heavy atom. The van der Waals surface area contributed by atoms with Crippen LogP contribution in [-0.4, -0.2) is 34.2 Å². The van der Waals surface area contributed by atoms with Gasteiger partial charge in [-0.05, 0) is 47.5 Å². The van der Waals surface area contributed by atoms with Crippen molar-refractivity contribution in [3.63, 3.8) is 0 Å². The fourth-order valence-corrected chi connectivity index (χ4v) is 4.17. The molecule has 1 unspecified atom stereocenters. The maximum atomic E-state index is 15.4. The zero-order chi connectivity index (χ0) is 25.5. The number of carbonyl (C=O) groups excluding carboxylic acids is 1. The summed E-state index contributed by atoms with van der Waals surface area (Å²) in [6.45, 7) is 2.62. The first kappa shape index (κ1) is 24.1. The number of carbonyl (C=O) groups is 1. The number of nitrogens with zero attached hydrogens (tertiary/aromatic N) is 3. The number of nitrogen functional groups attached to an aromatic ring is 1. The van der Waals surface area contributed by atoms with Crippen LogP contribution < -0.4 is 5.73 Å². The number of nitrogens with two attached hydrogens (primary N) is 1. The van der Waals surface area contributed by atoms with Gasteiger partial charge in [-0.3, -0.25) is 19.7 Å². The molecule has 0 aliphatic carbocycles. The lowest BCUT2D eigenvalue weighted by Crippen LogP contribution is -2.42. The largest absolute Gasteiger partial charge is 0.416 e. The molecule has 1 amide bonds. The van der Waals surface area contributed by atoms with Crippen LogP contribution >= 0.6 is 0 Å². The second-order valence-corrected chi connectivity index (χ2v) is 7.90. The van der Waals surface area contributed by atoms with Crippen LogP contribution in [0.1, 0.15) is 32.7 Å². The number of benzene rings is 2.